The van der Waals surface area contributed by atoms with Crippen LogP contribution in [0.25, 0.3) is 0 Å². The molecular weight excluding hydrogens is 468 g/mol. The molecule has 0 aliphatic rings. The van der Waals surface area contributed by atoms with E-state index in [4.69, 9.17) is 29.5 Å². The van der Waals surface area contributed by atoms with E-state index in [2.05, 4.69) is 0 Å². The van der Waals surface area contributed by atoms with Crippen molar-refractivity contribution in [3.8, 4) is 0 Å². The molecule has 12 nitrogen and oxygen atoms in total. The Morgan fingerprint density at radius 3 is 0.943 bits per heavy atom. The molecule has 0 saturated heterocycles. The number of esters is 3. The minimum atomic E-state index is -1.05. The second-order valence-electron chi connectivity index (χ2n) is 8.60. The monoisotopic (exact) mass is 504 g/mol. The summed E-state index contributed by atoms with van der Waals surface area (Å²) in [5.41, 5.74) is -1.05. The van der Waals surface area contributed by atoms with E-state index in [0.29, 0.717) is 38.5 Å². The molecule has 0 rings (SSSR count). The normalized spacial score (nSPS) is 10.9. The van der Waals surface area contributed by atoms with Crippen LogP contribution in [-0.2, 0) is 43.0 Å². The number of hydrogen-bond donors (Lipinski definition) is 3. The Labute approximate surface area is 203 Å². The number of unbranched alkanes of at least 4 members (excludes halogenated alkanes) is 3. The first kappa shape index (κ1) is 31.8. The average Bonchev–Trinajstić information content (AvgIpc) is 2.78. The van der Waals surface area contributed by atoms with Crippen molar-refractivity contribution < 1.29 is 58.3 Å². The SMILES string of the molecule is CC(COC(=O)CCCCC(=O)O)(COC(=O)CCCCC(=O)O)COC(=O)CCCCC(=O)O. The van der Waals surface area contributed by atoms with Crippen LogP contribution in [0.1, 0.15) is 84.0 Å². The second kappa shape index (κ2) is 18.2. The summed E-state index contributed by atoms with van der Waals surface area (Å²) in [6.07, 6.45) is 1.81. The Balaban J connectivity index is 4.69. The highest BCUT2D eigenvalue weighted by Gasteiger charge is 2.30. The van der Waals surface area contributed by atoms with E-state index in [0.717, 1.165) is 0 Å². The van der Waals surface area contributed by atoms with E-state index < -0.39 is 41.2 Å². The highest BCUT2D eigenvalue weighted by Crippen LogP contribution is 2.20. The number of ether oxygens (including phenoxy) is 3. The van der Waals surface area contributed by atoms with Crippen LogP contribution < -0.4 is 0 Å². The molecule has 0 spiro atoms. The Bertz CT molecular complexity index is 622. The molecule has 0 bridgehead atoms. The minimum absolute atomic E-state index is 0.0100. The van der Waals surface area contributed by atoms with Gasteiger partial charge in [0.15, 0.2) is 0 Å². The maximum absolute atomic E-state index is 12.0. The molecule has 0 aromatic carbocycles. The fraction of sp³-hybridized carbons (Fsp3) is 0.739. The molecule has 0 atom stereocenters. The fourth-order valence-electron chi connectivity index (χ4n) is 2.74. The molecule has 0 aromatic rings. The third-order valence-electron chi connectivity index (χ3n) is 4.81. The first-order valence-electron chi connectivity index (χ1n) is 11.6. The van der Waals surface area contributed by atoms with Gasteiger partial charge in [-0.3, -0.25) is 28.8 Å². The first-order valence-corrected chi connectivity index (χ1v) is 11.6. The lowest BCUT2D eigenvalue weighted by Crippen LogP contribution is -2.37. The molecule has 0 fully saturated rings. The molecule has 0 unspecified atom stereocenters. The molecule has 0 aliphatic heterocycles. The van der Waals surface area contributed by atoms with Gasteiger partial charge in [0.25, 0.3) is 0 Å². The van der Waals surface area contributed by atoms with Crippen molar-refractivity contribution in [1.82, 2.24) is 0 Å². The Kier molecular flexibility index (Phi) is 16.5. The molecule has 35 heavy (non-hydrogen) atoms. The second-order valence-corrected chi connectivity index (χ2v) is 8.60. The molecule has 0 amide bonds. The van der Waals surface area contributed by atoms with Crippen molar-refractivity contribution in [3.63, 3.8) is 0 Å². The number of carbonyl (C=O) groups is 6. The summed E-state index contributed by atoms with van der Waals surface area (Å²) in [5.74, 6) is -4.58. The molecule has 3 N–H and O–H groups in total. The predicted molar refractivity (Wildman–Crippen MR) is 119 cm³/mol. The fourth-order valence-corrected chi connectivity index (χ4v) is 2.74. The zero-order valence-corrected chi connectivity index (χ0v) is 20.1. The van der Waals surface area contributed by atoms with Crippen LogP contribution >= 0.6 is 0 Å². The van der Waals surface area contributed by atoms with Crippen LogP contribution in [0.4, 0.5) is 0 Å². The van der Waals surface area contributed by atoms with Crippen molar-refractivity contribution in [2.24, 2.45) is 5.41 Å². The van der Waals surface area contributed by atoms with Crippen LogP contribution in [0.15, 0.2) is 0 Å². The van der Waals surface area contributed by atoms with Gasteiger partial charge < -0.3 is 29.5 Å². The minimum Gasteiger partial charge on any atom is -0.481 e. The smallest absolute Gasteiger partial charge is 0.305 e. The van der Waals surface area contributed by atoms with Crippen molar-refractivity contribution in [2.45, 2.75) is 84.0 Å². The number of hydrogen-bond acceptors (Lipinski definition) is 9. The van der Waals surface area contributed by atoms with Gasteiger partial charge >= 0.3 is 35.8 Å². The molecule has 0 aliphatic carbocycles. The third-order valence-corrected chi connectivity index (χ3v) is 4.81. The molecule has 0 radical (unpaired) electrons. The topological polar surface area (TPSA) is 191 Å². The van der Waals surface area contributed by atoms with Gasteiger partial charge in [0.2, 0.25) is 0 Å². The number of carboxylic acids is 3. The van der Waals surface area contributed by atoms with Gasteiger partial charge in [0.05, 0.1) is 5.41 Å². The summed E-state index contributed by atoms with van der Waals surface area (Å²) in [4.78, 5) is 67.6. The van der Waals surface area contributed by atoms with Gasteiger partial charge in [0, 0.05) is 38.5 Å². The maximum Gasteiger partial charge on any atom is 0.305 e. The molecule has 12 heteroatoms. The summed E-state index contributed by atoms with van der Waals surface area (Å²) >= 11 is 0. The summed E-state index contributed by atoms with van der Waals surface area (Å²) in [7, 11) is 0. The zero-order chi connectivity index (χ0) is 26.7. The van der Waals surface area contributed by atoms with Crippen LogP contribution in [0.3, 0.4) is 0 Å². The average molecular weight is 505 g/mol. The van der Waals surface area contributed by atoms with Crippen molar-refractivity contribution in [2.75, 3.05) is 19.8 Å². The van der Waals surface area contributed by atoms with E-state index in [1.54, 1.807) is 6.92 Å². The predicted octanol–water partition coefficient (Wildman–Crippen LogP) is 2.56. The Morgan fingerprint density at radius 1 is 0.486 bits per heavy atom. The Hall–Kier alpha value is -3.18. The van der Waals surface area contributed by atoms with Crippen LogP contribution in [0, 0.1) is 5.41 Å². The van der Waals surface area contributed by atoms with Crippen molar-refractivity contribution in [1.29, 1.82) is 0 Å². The molecule has 200 valence electrons. The van der Waals surface area contributed by atoms with Crippen LogP contribution in [0.5, 0.6) is 0 Å². The summed E-state index contributed by atoms with van der Waals surface area (Å²) in [6.45, 7) is 0.941. The molecule has 0 saturated carbocycles. The van der Waals surface area contributed by atoms with Crippen LogP contribution in [-0.4, -0.2) is 71.0 Å². The standard InChI is InChI=1S/C23H36O12/c1-23(14-33-20(30)11-5-2-8-17(24)25,15-34-21(31)12-6-3-9-18(26)27)16-35-22(32)13-7-4-10-19(28)29/h2-16H2,1H3,(H,24,25)(H,26,27)(H,28,29). The summed E-state index contributed by atoms with van der Waals surface area (Å²) in [6, 6.07) is 0. The molecular formula is C23H36O12. The highest BCUT2D eigenvalue weighted by molar-refractivity contribution is 5.71. The maximum atomic E-state index is 12.0. The molecule has 0 heterocycles. The largest absolute Gasteiger partial charge is 0.481 e. The van der Waals surface area contributed by atoms with E-state index in [9.17, 15) is 28.8 Å². The first-order chi connectivity index (χ1) is 16.4. The third kappa shape index (κ3) is 20.0. The number of aliphatic carboxylic acids is 3. The Morgan fingerprint density at radius 2 is 0.714 bits per heavy atom. The quantitative estimate of drug-likeness (QED) is 0.118. The van der Waals surface area contributed by atoms with Gasteiger partial charge in [-0.2, -0.15) is 0 Å². The van der Waals surface area contributed by atoms with Crippen molar-refractivity contribution in [3.05, 3.63) is 0 Å². The zero-order valence-electron chi connectivity index (χ0n) is 20.1. The van der Waals surface area contributed by atoms with Gasteiger partial charge in [-0.05, 0) is 45.4 Å². The number of carbonyl (C=O) groups excluding carboxylic acids is 3. The summed E-state index contributed by atoms with van der Waals surface area (Å²) < 4.78 is 15.7. The molecule has 0 aromatic heterocycles. The van der Waals surface area contributed by atoms with Crippen LogP contribution in [0.2, 0.25) is 0 Å². The van der Waals surface area contributed by atoms with E-state index >= 15 is 0 Å². The van der Waals surface area contributed by atoms with E-state index in [-0.39, 0.29) is 58.3 Å². The lowest BCUT2D eigenvalue weighted by Gasteiger charge is -2.28. The number of rotatable bonds is 21. The van der Waals surface area contributed by atoms with Gasteiger partial charge in [-0.1, -0.05) is 0 Å². The van der Waals surface area contributed by atoms with Gasteiger partial charge in [0.1, 0.15) is 19.8 Å². The number of carboxylic acid groups (broad SMARTS) is 3. The lowest BCUT2D eigenvalue weighted by molar-refractivity contribution is -0.161. The van der Waals surface area contributed by atoms with Gasteiger partial charge in [-0.25, -0.2) is 0 Å². The van der Waals surface area contributed by atoms with Crippen molar-refractivity contribution >= 4 is 35.8 Å². The van der Waals surface area contributed by atoms with E-state index in [1.807, 2.05) is 0 Å². The van der Waals surface area contributed by atoms with Gasteiger partial charge in [-0.15, -0.1) is 0 Å². The lowest BCUT2D eigenvalue weighted by atomic mass is 9.94. The highest BCUT2D eigenvalue weighted by atomic mass is 16.6. The van der Waals surface area contributed by atoms with E-state index in [1.165, 1.54) is 0 Å². The summed E-state index contributed by atoms with van der Waals surface area (Å²) in [5, 5.41) is 25.9.